The lowest BCUT2D eigenvalue weighted by atomic mass is 9.62. The number of anilines is 2. The summed E-state index contributed by atoms with van der Waals surface area (Å²) < 4.78 is 12.1. The number of amides is 3. The van der Waals surface area contributed by atoms with Crippen LogP contribution in [0, 0.1) is 17.8 Å². The Morgan fingerprint density at radius 3 is 2.21 bits per heavy atom. The average Bonchev–Trinajstić information content (AvgIpc) is 3.51. The average molecular weight is 574 g/mol. The minimum atomic E-state index is -1.24. The topological polar surface area (TPSA) is 99.6 Å². The largest absolute Gasteiger partial charge is 0.497 e. The van der Waals surface area contributed by atoms with Gasteiger partial charge in [-0.05, 0) is 55.7 Å². The van der Waals surface area contributed by atoms with Crippen molar-refractivity contribution in [2.45, 2.75) is 37.5 Å². The Kier molecular flexibility index (Phi) is 8.00. The van der Waals surface area contributed by atoms with Crippen LogP contribution < -0.4 is 14.5 Å². The number of rotatable bonds is 11. The fraction of sp³-hybridized carbons (Fsp3) is 0.424. The van der Waals surface area contributed by atoms with Gasteiger partial charge in [0.05, 0.1) is 31.2 Å². The van der Waals surface area contributed by atoms with E-state index in [1.807, 2.05) is 44.2 Å². The number of ether oxygens (including phenoxy) is 2. The minimum absolute atomic E-state index is 0.0531. The van der Waals surface area contributed by atoms with Crippen LogP contribution in [0.2, 0.25) is 0 Å². The lowest BCUT2D eigenvalue weighted by Crippen LogP contribution is -2.57. The monoisotopic (exact) mass is 573 g/mol. The first-order valence-electron chi connectivity index (χ1n) is 14.3. The number of β-amino-alcohol motifs (C(OH)–C–C–N with tert-alkyl or cyclic N) is 1. The molecule has 3 heterocycles. The molecule has 3 fully saturated rings. The zero-order valence-corrected chi connectivity index (χ0v) is 24.4. The quantitative estimate of drug-likeness (QED) is 0.414. The van der Waals surface area contributed by atoms with Gasteiger partial charge in [-0.2, -0.15) is 0 Å². The number of nitrogens with zero attached hydrogens (tertiary/aromatic N) is 3. The molecule has 3 unspecified atom stereocenters. The molecule has 222 valence electrons. The minimum Gasteiger partial charge on any atom is -0.497 e. The fourth-order valence-corrected chi connectivity index (χ4v) is 7.33. The van der Waals surface area contributed by atoms with E-state index < -0.39 is 29.1 Å². The predicted molar refractivity (Wildman–Crippen MR) is 160 cm³/mol. The molecule has 0 radical (unpaired) electrons. The number of benzene rings is 2. The molecule has 5 rings (SSSR count). The van der Waals surface area contributed by atoms with Crippen LogP contribution in [0.3, 0.4) is 0 Å². The lowest BCUT2D eigenvalue weighted by Gasteiger charge is -2.39. The molecule has 3 saturated heterocycles. The van der Waals surface area contributed by atoms with E-state index >= 15 is 0 Å². The van der Waals surface area contributed by atoms with Crippen LogP contribution in [0.25, 0.3) is 0 Å². The first-order chi connectivity index (χ1) is 20.2. The van der Waals surface area contributed by atoms with Gasteiger partial charge in [-0.15, -0.1) is 13.2 Å². The van der Waals surface area contributed by atoms with E-state index in [4.69, 9.17) is 9.47 Å². The molecule has 42 heavy (non-hydrogen) atoms. The number of hydrogen-bond acceptors (Lipinski definition) is 6. The summed E-state index contributed by atoms with van der Waals surface area (Å²) in [6.45, 7) is 11.7. The van der Waals surface area contributed by atoms with E-state index in [0.717, 1.165) is 0 Å². The van der Waals surface area contributed by atoms with Crippen molar-refractivity contribution in [1.82, 2.24) is 4.90 Å². The highest BCUT2D eigenvalue weighted by Gasteiger charge is 2.80. The zero-order valence-electron chi connectivity index (χ0n) is 24.4. The van der Waals surface area contributed by atoms with Crippen molar-refractivity contribution in [2.75, 3.05) is 43.2 Å². The summed E-state index contributed by atoms with van der Waals surface area (Å²) in [5.41, 5.74) is -0.908. The van der Waals surface area contributed by atoms with Crippen LogP contribution in [-0.2, 0) is 19.1 Å². The molecule has 9 nitrogen and oxygen atoms in total. The molecule has 6 atom stereocenters. The van der Waals surface area contributed by atoms with Crippen LogP contribution in [-0.4, -0.2) is 78.3 Å². The number of methoxy groups -OCH3 is 1. The molecule has 0 saturated carbocycles. The first-order valence-corrected chi connectivity index (χ1v) is 14.3. The van der Waals surface area contributed by atoms with E-state index in [1.54, 1.807) is 53.3 Å². The Balaban J connectivity index is 1.60. The molecular weight excluding hydrogens is 534 g/mol. The van der Waals surface area contributed by atoms with Crippen molar-refractivity contribution >= 4 is 29.1 Å². The second-order valence-corrected chi connectivity index (χ2v) is 11.5. The summed E-state index contributed by atoms with van der Waals surface area (Å²) in [6, 6.07) is 15.3. The summed E-state index contributed by atoms with van der Waals surface area (Å²) in [6.07, 6.45) is 3.71. The van der Waals surface area contributed by atoms with E-state index in [-0.39, 0.29) is 49.9 Å². The maximum atomic E-state index is 14.6. The molecule has 0 aliphatic carbocycles. The van der Waals surface area contributed by atoms with E-state index in [2.05, 4.69) is 13.2 Å². The van der Waals surface area contributed by atoms with Gasteiger partial charge >= 0.3 is 0 Å². The van der Waals surface area contributed by atoms with E-state index in [9.17, 15) is 19.5 Å². The number of carbonyl (C=O) groups is 3. The molecule has 2 aromatic rings. The zero-order chi connectivity index (χ0) is 30.2. The van der Waals surface area contributed by atoms with Crippen LogP contribution >= 0.6 is 0 Å². The number of fused-ring (bicyclic) bond motifs is 1. The molecule has 9 heteroatoms. The summed E-state index contributed by atoms with van der Waals surface area (Å²) in [7, 11) is 1.57. The second-order valence-electron chi connectivity index (χ2n) is 11.5. The van der Waals surface area contributed by atoms with Crippen molar-refractivity contribution in [1.29, 1.82) is 0 Å². The third-order valence-corrected chi connectivity index (χ3v) is 9.26. The van der Waals surface area contributed by atoms with Gasteiger partial charge in [-0.25, -0.2) is 0 Å². The number of aliphatic hydroxyl groups excluding tert-OH is 1. The molecule has 2 bridgehead atoms. The Hall–Kier alpha value is -3.95. The highest BCUT2D eigenvalue weighted by Crippen LogP contribution is 2.65. The number of hydrogen-bond donors (Lipinski definition) is 1. The lowest BCUT2D eigenvalue weighted by molar-refractivity contribution is -0.146. The molecule has 3 aliphatic rings. The highest BCUT2D eigenvalue weighted by atomic mass is 16.5. The number of likely N-dealkylation sites (tertiary alicyclic amines) is 1. The van der Waals surface area contributed by atoms with Gasteiger partial charge in [0, 0.05) is 31.0 Å². The Morgan fingerprint density at radius 1 is 1.05 bits per heavy atom. The summed E-state index contributed by atoms with van der Waals surface area (Å²) in [5, 5.41) is 10.00. The Morgan fingerprint density at radius 2 is 1.64 bits per heavy atom. The van der Waals surface area contributed by atoms with Gasteiger partial charge in [0.25, 0.3) is 5.91 Å². The van der Waals surface area contributed by atoms with Gasteiger partial charge < -0.3 is 29.3 Å². The van der Waals surface area contributed by atoms with Crippen molar-refractivity contribution in [3.63, 3.8) is 0 Å². The molecular formula is C33H39N3O6. The molecule has 1 spiro atoms. The number of aliphatic hydroxyl groups is 1. The summed E-state index contributed by atoms with van der Waals surface area (Å²) in [5.74, 6) is -2.13. The summed E-state index contributed by atoms with van der Waals surface area (Å²) in [4.78, 5) is 48.0. The van der Waals surface area contributed by atoms with E-state index in [0.29, 0.717) is 23.5 Å². The Labute approximate surface area is 247 Å². The molecule has 2 aromatic carbocycles. The van der Waals surface area contributed by atoms with Crippen molar-refractivity contribution in [2.24, 2.45) is 17.8 Å². The summed E-state index contributed by atoms with van der Waals surface area (Å²) >= 11 is 0. The number of para-hydroxylation sites is 1. The predicted octanol–water partition coefficient (Wildman–Crippen LogP) is 3.44. The van der Waals surface area contributed by atoms with Crippen LogP contribution in [0.1, 0.15) is 20.3 Å². The molecule has 1 N–H and O–H groups in total. The SMILES string of the molecule is C=CCN(C(=O)C1N(CCO)C(=O)[C@@H]2[C@H](C(=O)N(CC=C)c3ccccc3)[C@@]3(C)OC12CC3C)c1ccc(OC)cc1. The normalized spacial score (nSPS) is 29.2. The molecule has 3 aliphatic heterocycles. The number of carbonyl (C=O) groups excluding carboxylic acids is 3. The van der Waals surface area contributed by atoms with Crippen LogP contribution in [0.4, 0.5) is 11.4 Å². The van der Waals surface area contributed by atoms with Crippen molar-refractivity contribution < 1.29 is 29.0 Å². The maximum absolute atomic E-state index is 14.6. The van der Waals surface area contributed by atoms with E-state index in [1.165, 1.54) is 4.90 Å². The van der Waals surface area contributed by atoms with Gasteiger partial charge in [0.1, 0.15) is 17.4 Å². The smallest absolute Gasteiger partial charge is 0.253 e. The third kappa shape index (κ3) is 4.42. The molecule has 3 amide bonds. The first kappa shape index (κ1) is 29.5. The standard InChI is InChI=1S/C33H39N3O6/c1-6-17-34(23-11-9-8-10-12-23)29(38)26-27-30(39)36(19-20-37)28(33(27)21-22(3)32(26,4)42-33)31(40)35(18-7-2)24-13-15-25(41-5)16-14-24/h6-16,22,26-28,37H,1-2,17-21H2,3-5H3/t22?,26-,27+,28?,32+,33?/m1/s1. The maximum Gasteiger partial charge on any atom is 0.253 e. The third-order valence-electron chi connectivity index (χ3n) is 9.26. The Bertz CT molecular complexity index is 1360. The van der Waals surface area contributed by atoms with Crippen molar-refractivity contribution in [3.8, 4) is 5.75 Å². The fourth-order valence-electron chi connectivity index (χ4n) is 7.33. The second kappa shape index (κ2) is 11.4. The van der Waals surface area contributed by atoms with Crippen molar-refractivity contribution in [3.05, 3.63) is 79.9 Å². The van der Waals surface area contributed by atoms with Crippen LogP contribution in [0.15, 0.2) is 79.9 Å². The molecule has 0 aromatic heterocycles. The van der Waals surface area contributed by atoms with Gasteiger partial charge in [-0.1, -0.05) is 37.3 Å². The van der Waals surface area contributed by atoms with Gasteiger partial charge in [-0.3, -0.25) is 14.4 Å². The van der Waals surface area contributed by atoms with Crippen LogP contribution in [0.5, 0.6) is 5.75 Å². The van der Waals surface area contributed by atoms with Gasteiger partial charge in [0.15, 0.2) is 0 Å². The van der Waals surface area contributed by atoms with Gasteiger partial charge in [0.2, 0.25) is 11.8 Å². The highest BCUT2D eigenvalue weighted by molar-refractivity contribution is 6.07.